The maximum Gasteiger partial charge on any atom is 0.271 e. The van der Waals surface area contributed by atoms with E-state index < -0.39 is 0 Å². The molecule has 1 aromatic heterocycles. The molecule has 0 unspecified atom stereocenters. The van der Waals surface area contributed by atoms with Crippen LogP contribution in [0.3, 0.4) is 0 Å². The van der Waals surface area contributed by atoms with E-state index in [9.17, 15) is 9.18 Å². The van der Waals surface area contributed by atoms with Gasteiger partial charge in [-0.1, -0.05) is 12.1 Å². The van der Waals surface area contributed by atoms with E-state index in [1.165, 1.54) is 23.5 Å². The first-order valence-corrected chi connectivity index (χ1v) is 6.69. The van der Waals surface area contributed by atoms with E-state index in [2.05, 4.69) is 10.3 Å². The van der Waals surface area contributed by atoms with Gasteiger partial charge in [-0.2, -0.15) is 0 Å². The van der Waals surface area contributed by atoms with Gasteiger partial charge in [0.1, 0.15) is 16.5 Å². The molecule has 0 radical (unpaired) electrons. The lowest BCUT2D eigenvalue weighted by atomic mass is 10.1. The number of amides is 1. The summed E-state index contributed by atoms with van der Waals surface area (Å²) in [6.45, 7) is 2.16. The standard InChI is InChI=1S/C13H14FN3OS/c1-8(9-2-4-10(14)5-3-9)16-13(18)11-7-19-12(6-15)17-11/h2-5,7-8H,6,15H2,1H3,(H,16,18)/t8-/m1/s1. The van der Waals surface area contributed by atoms with Gasteiger partial charge in [-0.05, 0) is 24.6 Å². The Balaban J connectivity index is 2.04. The Hall–Kier alpha value is -1.79. The quantitative estimate of drug-likeness (QED) is 0.901. The van der Waals surface area contributed by atoms with Crippen LogP contribution in [0.15, 0.2) is 29.6 Å². The third-order valence-corrected chi connectivity index (χ3v) is 3.55. The number of benzene rings is 1. The fourth-order valence-corrected chi connectivity index (χ4v) is 2.27. The maximum atomic E-state index is 12.8. The SMILES string of the molecule is C[C@@H](NC(=O)c1csc(CN)n1)c1ccc(F)cc1. The minimum absolute atomic E-state index is 0.212. The minimum Gasteiger partial charge on any atom is -0.344 e. The first-order valence-electron chi connectivity index (χ1n) is 5.81. The van der Waals surface area contributed by atoms with Crippen LogP contribution in [0.1, 0.15) is 34.0 Å². The molecule has 2 aromatic rings. The van der Waals surface area contributed by atoms with Crippen LogP contribution >= 0.6 is 11.3 Å². The highest BCUT2D eigenvalue weighted by Crippen LogP contribution is 2.15. The molecule has 0 bridgehead atoms. The second kappa shape index (κ2) is 5.90. The predicted octanol–water partition coefficient (Wildman–Crippen LogP) is 2.23. The molecule has 0 saturated heterocycles. The van der Waals surface area contributed by atoms with Crippen LogP contribution in [0.5, 0.6) is 0 Å². The van der Waals surface area contributed by atoms with Gasteiger partial charge in [0.25, 0.3) is 5.91 Å². The third-order valence-electron chi connectivity index (χ3n) is 2.68. The van der Waals surface area contributed by atoms with Gasteiger partial charge in [0.15, 0.2) is 0 Å². The number of nitrogens with two attached hydrogens (primary N) is 1. The molecule has 1 heterocycles. The average molecular weight is 279 g/mol. The minimum atomic E-state index is -0.297. The van der Waals surface area contributed by atoms with E-state index in [1.807, 2.05) is 6.92 Å². The van der Waals surface area contributed by atoms with Gasteiger partial charge in [0.05, 0.1) is 6.04 Å². The van der Waals surface area contributed by atoms with Crippen molar-refractivity contribution in [3.63, 3.8) is 0 Å². The number of nitrogens with one attached hydrogen (secondary N) is 1. The maximum absolute atomic E-state index is 12.8. The predicted molar refractivity (Wildman–Crippen MR) is 72.3 cm³/mol. The van der Waals surface area contributed by atoms with Crippen molar-refractivity contribution in [2.24, 2.45) is 5.73 Å². The molecule has 0 aliphatic heterocycles. The molecule has 0 spiro atoms. The normalized spacial score (nSPS) is 12.2. The fraction of sp³-hybridized carbons (Fsp3) is 0.231. The Kier molecular flexibility index (Phi) is 4.24. The van der Waals surface area contributed by atoms with E-state index in [-0.39, 0.29) is 17.8 Å². The lowest BCUT2D eigenvalue weighted by Crippen LogP contribution is -2.27. The molecule has 0 fully saturated rings. The number of carbonyl (C=O) groups is 1. The number of thiazole rings is 1. The highest BCUT2D eigenvalue weighted by Gasteiger charge is 2.14. The molecule has 4 nitrogen and oxygen atoms in total. The van der Waals surface area contributed by atoms with Crippen LogP contribution in [0.4, 0.5) is 4.39 Å². The molecule has 1 amide bonds. The van der Waals surface area contributed by atoms with Crippen molar-refractivity contribution in [3.8, 4) is 0 Å². The second-order valence-corrected chi connectivity index (χ2v) is 5.02. The summed E-state index contributed by atoms with van der Waals surface area (Å²) in [6, 6.07) is 5.82. The number of hydrogen-bond donors (Lipinski definition) is 2. The van der Waals surface area contributed by atoms with Crippen molar-refractivity contribution >= 4 is 17.2 Å². The Bertz CT molecular complexity index is 568. The second-order valence-electron chi connectivity index (χ2n) is 4.08. The summed E-state index contributed by atoms with van der Waals surface area (Å²) >= 11 is 1.36. The van der Waals surface area contributed by atoms with E-state index in [4.69, 9.17) is 5.73 Å². The molecule has 0 saturated carbocycles. The zero-order chi connectivity index (χ0) is 13.8. The Labute approximate surface area is 114 Å². The van der Waals surface area contributed by atoms with Crippen molar-refractivity contribution in [2.45, 2.75) is 19.5 Å². The van der Waals surface area contributed by atoms with E-state index in [0.29, 0.717) is 12.2 Å². The van der Waals surface area contributed by atoms with E-state index >= 15 is 0 Å². The zero-order valence-corrected chi connectivity index (χ0v) is 11.2. The highest BCUT2D eigenvalue weighted by atomic mass is 32.1. The highest BCUT2D eigenvalue weighted by molar-refractivity contribution is 7.09. The number of hydrogen-bond acceptors (Lipinski definition) is 4. The first kappa shape index (κ1) is 13.6. The molecule has 0 aliphatic rings. The largest absolute Gasteiger partial charge is 0.344 e. The summed E-state index contributed by atoms with van der Waals surface area (Å²) in [5.74, 6) is -0.554. The Morgan fingerprint density at radius 1 is 1.47 bits per heavy atom. The zero-order valence-electron chi connectivity index (χ0n) is 10.4. The number of carbonyl (C=O) groups excluding carboxylic acids is 1. The average Bonchev–Trinajstić information content (AvgIpc) is 2.88. The monoisotopic (exact) mass is 279 g/mol. The number of nitrogens with zero attached hydrogens (tertiary/aromatic N) is 1. The smallest absolute Gasteiger partial charge is 0.271 e. The molecular formula is C13H14FN3OS. The van der Waals surface area contributed by atoms with Gasteiger partial charge < -0.3 is 11.1 Å². The topological polar surface area (TPSA) is 68.0 Å². The summed E-state index contributed by atoms with van der Waals surface area (Å²) in [5, 5.41) is 5.21. The van der Waals surface area contributed by atoms with Gasteiger partial charge in [0.2, 0.25) is 0 Å². The number of aromatic nitrogens is 1. The van der Waals surface area contributed by atoms with E-state index in [0.717, 1.165) is 10.6 Å². The molecule has 1 atom stereocenters. The Morgan fingerprint density at radius 2 is 2.16 bits per heavy atom. The number of halogens is 1. The molecule has 0 aliphatic carbocycles. The fourth-order valence-electron chi connectivity index (χ4n) is 1.61. The van der Waals surface area contributed by atoms with Crippen LogP contribution in [-0.2, 0) is 6.54 Å². The van der Waals surface area contributed by atoms with Gasteiger partial charge in [-0.3, -0.25) is 4.79 Å². The van der Waals surface area contributed by atoms with Gasteiger partial charge in [-0.25, -0.2) is 9.37 Å². The van der Waals surface area contributed by atoms with Crippen molar-refractivity contribution in [1.29, 1.82) is 0 Å². The lowest BCUT2D eigenvalue weighted by molar-refractivity contribution is 0.0935. The molecule has 2 rings (SSSR count). The van der Waals surface area contributed by atoms with Gasteiger partial charge in [-0.15, -0.1) is 11.3 Å². The summed E-state index contributed by atoms with van der Waals surface area (Å²) < 4.78 is 12.8. The molecule has 3 N–H and O–H groups in total. The first-order chi connectivity index (χ1) is 9.10. The molecule has 6 heteroatoms. The summed E-state index contributed by atoms with van der Waals surface area (Å²) in [7, 11) is 0. The summed E-state index contributed by atoms with van der Waals surface area (Å²) in [5.41, 5.74) is 6.65. The van der Waals surface area contributed by atoms with Crippen LogP contribution in [-0.4, -0.2) is 10.9 Å². The number of rotatable bonds is 4. The van der Waals surface area contributed by atoms with Crippen LogP contribution in [0.2, 0.25) is 0 Å². The summed E-state index contributed by atoms with van der Waals surface area (Å²) in [6.07, 6.45) is 0. The van der Waals surface area contributed by atoms with Gasteiger partial charge in [0, 0.05) is 11.9 Å². The third kappa shape index (κ3) is 3.36. The van der Waals surface area contributed by atoms with Gasteiger partial charge >= 0.3 is 0 Å². The van der Waals surface area contributed by atoms with Crippen LogP contribution in [0.25, 0.3) is 0 Å². The van der Waals surface area contributed by atoms with Crippen molar-refractivity contribution < 1.29 is 9.18 Å². The lowest BCUT2D eigenvalue weighted by Gasteiger charge is -2.13. The van der Waals surface area contributed by atoms with Crippen molar-refractivity contribution in [2.75, 3.05) is 0 Å². The molecule has 19 heavy (non-hydrogen) atoms. The Morgan fingerprint density at radius 3 is 2.74 bits per heavy atom. The summed E-state index contributed by atoms with van der Waals surface area (Å²) in [4.78, 5) is 16.1. The molecular weight excluding hydrogens is 265 g/mol. The van der Waals surface area contributed by atoms with Crippen molar-refractivity contribution in [3.05, 3.63) is 51.7 Å². The van der Waals surface area contributed by atoms with Crippen molar-refractivity contribution in [1.82, 2.24) is 10.3 Å². The van der Waals surface area contributed by atoms with E-state index in [1.54, 1.807) is 17.5 Å². The van der Waals surface area contributed by atoms with Crippen LogP contribution in [0, 0.1) is 5.82 Å². The molecule has 100 valence electrons. The molecule has 1 aromatic carbocycles. The van der Waals surface area contributed by atoms with Crippen LogP contribution < -0.4 is 11.1 Å².